The fourth-order valence-corrected chi connectivity index (χ4v) is 11.6. The Balaban J connectivity index is 3.34. The van der Waals surface area contributed by atoms with Gasteiger partial charge in [0.15, 0.2) is 16.6 Å². The Labute approximate surface area is 138 Å². The van der Waals surface area contributed by atoms with Crippen LogP contribution in [0.4, 0.5) is 0 Å². The van der Waals surface area contributed by atoms with Crippen molar-refractivity contribution in [1.29, 1.82) is 0 Å². The molecule has 0 unspecified atom stereocenters. The van der Waals surface area contributed by atoms with Crippen LogP contribution in [0.25, 0.3) is 6.08 Å². The Morgan fingerprint density at radius 3 is 1.68 bits per heavy atom. The molecule has 0 atom stereocenters. The second kappa shape index (κ2) is 7.37. The molecule has 1 aromatic rings. The first kappa shape index (κ1) is 19.5. The summed E-state index contributed by atoms with van der Waals surface area (Å²) in [6.07, 6.45) is 1.84. The van der Waals surface area contributed by atoms with Gasteiger partial charge in [0, 0.05) is 11.8 Å². The van der Waals surface area contributed by atoms with E-state index in [0.29, 0.717) is 6.61 Å². The third kappa shape index (κ3) is 5.94. The van der Waals surface area contributed by atoms with Crippen LogP contribution in [0.3, 0.4) is 0 Å². The summed E-state index contributed by atoms with van der Waals surface area (Å²) in [5, 5.41) is 1.05. The smallest absolute Gasteiger partial charge is 0.413 e. The van der Waals surface area contributed by atoms with Gasteiger partial charge in [-0.25, -0.2) is 0 Å². The van der Waals surface area contributed by atoms with Crippen molar-refractivity contribution in [2.45, 2.75) is 46.2 Å². The topological polar surface area (TPSA) is 27.7 Å². The van der Waals surface area contributed by atoms with Gasteiger partial charge < -0.3 is 12.7 Å². The van der Waals surface area contributed by atoms with E-state index in [9.17, 15) is 0 Å². The molecule has 1 rings (SSSR count). The molecule has 0 saturated heterocycles. The summed E-state index contributed by atoms with van der Waals surface area (Å²) < 4.78 is 19.3. The lowest BCUT2D eigenvalue weighted by molar-refractivity contribution is 0.185. The summed E-state index contributed by atoms with van der Waals surface area (Å²) in [6, 6.07) is 8.23. The average Bonchev–Trinajstić information content (AvgIpc) is 2.35. The molecule has 22 heavy (non-hydrogen) atoms. The van der Waals surface area contributed by atoms with E-state index in [2.05, 4.69) is 58.0 Å². The zero-order valence-electron chi connectivity index (χ0n) is 15.0. The van der Waals surface area contributed by atoms with Crippen LogP contribution in [-0.2, 0) is 12.7 Å². The van der Waals surface area contributed by atoms with E-state index in [-0.39, 0.29) is 0 Å². The quantitative estimate of drug-likeness (QED) is 0.654. The second-order valence-corrected chi connectivity index (χ2v) is 19.3. The van der Waals surface area contributed by atoms with Crippen LogP contribution in [-0.4, -0.2) is 32.0 Å². The van der Waals surface area contributed by atoms with Gasteiger partial charge in [-0.15, -0.1) is 0 Å². The van der Waals surface area contributed by atoms with Crippen molar-refractivity contribution >= 4 is 36.7 Å². The average molecular weight is 355 g/mol. The molecule has 0 aromatic heterocycles. The molecule has 0 aliphatic heterocycles. The van der Waals surface area contributed by atoms with Crippen LogP contribution >= 0.6 is 0 Å². The first-order chi connectivity index (χ1) is 10.0. The summed E-state index contributed by atoms with van der Waals surface area (Å²) in [6.45, 7) is 19.5. The summed E-state index contributed by atoms with van der Waals surface area (Å²) in [7, 11) is -6.53. The third-order valence-electron chi connectivity index (χ3n) is 2.72. The van der Waals surface area contributed by atoms with Crippen LogP contribution < -0.4 is 5.19 Å². The van der Waals surface area contributed by atoms with Crippen LogP contribution in [0.1, 0.15) is 12.5 Å². The van der Waals surface area contributed by atoms with Crippen LogP contribution in [0.2, 0.25) is 39.3 Å². The number of hydrogen-bond acceptors (Lipinski definition) is 3. The first-order valence-corrected chi connectivity index (χ1v) is 16.3. The lowest BCUT2D eigenvalue weighted by atomic mass is 10.2. The summed E-state index contributed by atoms with van der Waals surface area (Å²) in [5.74, 6) is 0. The molecular weight excluding hydrogens is 324 g/mol. The molecule has 1 aromatic carbocycles. The third-order valence-corrected chi connectivity index (χ3v) is 11.5. The van der Waals surface area contributed by atoms with E-state index < -0.39 is 25.4 Å². The molecule has 0 saturated carbocycles. The van der Waals surface area contributed by atoms with Crippen molar-refractivity contribution in [3.05, 3.63) is 36.4 Å². The second-order valence-electron chi connectivity index (χ2n) is 7.24. The highest BCUT2D eigenvalue weighted by Gasteiger charge is 2.49. The van der Waals surface area contributed by atoms with E-state index in [1.165, 1.54) is 0 Å². The molecule has 0 spiro atoms. The van der Waals surface area contributed by atoms with Crippen LogP contribution in [0.5, 0.6) is 0 Å². The Bertz CT molecular complexity index is 471. The highest BCUT2D eigenvalue weighted by molar-refractivity contribution is 6.91. The fraction of sp³-hybridized carbons (Fsp3) is 0.500. The molecule has 0 amide bonds. The van der Waals surface area contributed by atoms with Crippen LogP contribution in [0.15, 0.2) is 30.8 Å². The van der Waals surface area contributed by atoms with Crippen molar-refractivity contribution in [2.75, 3.05) is 6.61 Å². The monoisotopic (exact) mass is 354 g/mol. The molecular formula is C16H30O3Si3. The number of benzene rings is 1. The molecule has 6 heteroatoms. The summed E-state index contributed by atoms with van der Waals surface area (Å²) in [4.78, 5) is 0. The molecule has 0 aliphatic carbocycles. The molecule has 0 radical (unpaired) electrons. The normalized spacial score (nSPS) is 13.2. The van der Waals surface area contributed by atoms with E-state index in [4.69, 9.17) is 12.7 Å². The lowest BCUT2D eigenvalue weighted by Gasteiger charge is -2.39. The van der Waals surface area contributed by atoms with Gasteiger partial charge in [-0.3, -0.25) is 0 Å². The van der Waals surface area contributed by atoms with Crippen molar-refractivity contribution < 1.29 is 12.7 Å². The van der Waals surface area contributed by atoms with Crippen molar-refractivity contribution in [3.8, 4) is 0 Å². The lowest BCUT2D eigenvalue weighted by Crippen LogP contribution is -2.64. The standard InChI is InChI=1S/C16H30O3Si3/c1-9-15-11-13-16(14-12-15)22(17-10-2,18-20(3,4)5)19-21(6,7)8/h9,11-14H,1,10H2,2-8H3. The largest absolute Gasteiger partial charge is 0.516 e. The molecule has 124 valence electrons. The Hall–Kier alpha value is -0.509. The summed E-state index contributed by atoms with van der Waals surface area (Å²) in [5.41, 5.74) is 1.09. The first-order valence-electron chi connectivity index (χ1n) is 7.78. The minimum absolute atomic E-state index is 0.588. The predicted molar refractivity (Wildman–Crippen MR) is 102 cm³/mol. The van der Waals surface area contributed by atoms with Gasteiger partial charge in [0.05, 0.1) is 0 Å². The minimum atomic E-state index is -2.89. The zero-order chi connectivity index (χ0) is 17.0. The number of hydrogen-bond donors (Lipinski definition) is 0. The maximum absolute atomic E-state index is 6.54. The molecule has 0 N–H and O–H groups in total. The van der Waals surface area contributed by atoms with Gasteiger partial charge >= 0.3 is 8.80 Å². The molecule has 0 aliphatic rings. The van der Waals surface area contributed by atoms with Gasteiger partial charge in [-0.2, -0.15) is 0 Å². The van der Waals surface area contributed by atoms with Gasteiger partial charge in [-0.05, 0) is 51.8 Å². The fourth-order valence-electron chi connectivity index (χ4n) is 2.10. The highest BCUT2D eigenvalue weighted by Crippen LogP contribution is 2.22. The number of rotatable bonds is 8. The molecule has 0 bridgehead atoms. The van der Waals surface area contributed by atoms with Gasteiger partial charge in [0.25, 0.3) is 0 Å². The molecule has 0 fully saturated rings. The van der Waals surface area contributed by atoms with Gasteiger partial charge in [0.1, 0.15) is 0 Å². The van der Waals surface area contributed by atoms with Crippen molar-refractivity contribution in [3.63, 3.8) is 0 Å². The maximum Gasteiger partial charge on any atom is 0.516 e. The van der Waals surface area contributed by atoms with E-state index >= 15 is 0 Å². The minimum Gasteiger partial charge on any atom is -0.413 e. The van der Waals surface area contributed by atoms with Gasteiger partial charge in [0.2, 0.25) is 0 Å². The predicted octanol–water partition coefficient (Wildman–Crippen LogP) is 4.22. The van der Waals surface area contributed by atoms with Crippen LogP contribution in [0, 0.1) is 0 Å². The molecule has 0 heterocycles. The highest BCUT2D eigenvalue weighted by atomic mass is 28.5. The van der Waals surface area contributed by atoms with E-state index in [0.717, 1.165) is 10.8 Å². The van der Waals surface area contributed by atoms with E-state index in [1.807, 2.05) is 25.1 Å². The maximum atomic E-state index is 6.54. The Kier molecular flexibility index (Phi) is 6.55. The van der Waals surface area contributed by atoms with Gasteiger partial charge in [-0.1, -0.05) is 36.9 Å². The van der Waals surface area contributed by atoms with Crippen molar-refractivity contribution in [2.24, 2.45) is 0 Å². The van der Waals surface area contributed by atoms with E-state index in [1.54, 1.807) is 0 Å². The Morgan fingerprint density at radius 1 is 0.909 bits per heavy atom. The SMILES string of the molecule is C=Cc1ccc([Si](OCC)(O[Si](C)(C)C)O[Si](C)(C)C)cc1. The van der Waals surface area contributed by atoms with Crippen molar-refractivity contribution in [1.82, 2.24) is 0 Å². The Morgan fingerprint density at radius 2 is 1.36 bits per heavy atom. The molecule has 3 nitrogen and oxygen atoms in total. The zero-order valence-corrected chi connectivity index (χ0v) is 18.0. The summed E-state index contributed by atoms with van der Waals surface area (Å²) >= 11 is 0.